The van der Waals surface area contributed by atoms with Crippen molar-refractivity contribution in [2.24, 2.45) is 7.05 Å². The zero-order chi connectivity index (χ0) is 31.5. The standard InChI is InChI=1S/C18H14F3N5O2S.C8H8N2O4/c1-22-15(27)9-3-6-13-12(7-9)23-16(26(13)2)25-17-24-11-5-4-10(8-14(11)29-17)28-18(19,20)21;1-9-6-3-2-5(8(11)12)4-7(6)10(13)14/h3-8H,1-2H3,(H,22,27)(H,23,24,25);2-4,9H,1H3,(H,11,12). The van der Waals surface area contributed by atoms with Crippen molar-refractivity contribution < 1.29 is 37.5 Å². The van der Waals surface area contributed by atoms with E-state index >= 15 is 0 Å². The van der Waals surface area contributed by atoms with Gasteiger partial charge in [-0.25, -0.2) is 14.8 Å². The van der Waals surface area contributed by atoms with Crippen molar-refractivity contribution in [3.63, 3.8) is 0 Å². The van der Waals surface area contributed by atoms with Gasteiger partial charge in [-0.2, -0.15) is 0 Å². The van der Waals surface area contributed by atoms with Gasteiger partial charge in [-0.15, -0.1) is 13.2 Å². The SMILES string of the molecule is CNC(=O)c1ccc2c(c1)nc(Nc1nc3ccc(OC(F)(F)F)cc3s1)n2C.CNc1ccc(C(=O)O)cc1[N+](=O)[O-]. The second-order valence-corrected chi connectivity index (χ2v) is 9.67. The first kappa shape index (κ1) is 30.5. The van der Waals surface area contributed by atoms with E-state index in [0.717, 1.165) is 11.6 Å². The minimum absolute atomic E-state index is 0.101. The van der Waals surface area contributed by atoms with Crippen LogP contribution in [0.2, 0.25) is 0 Å². The Labute approximate surface area is 244 Å². The Hall–Kier alpha value is -5.45. The summed E-state index contributed by atoms with van der Waals surface area (Å²) in [7, 11) is 4.89. The molecule has 43 heavy (non-hydrogen) atoms. The lowest BCUT2D eigenvalue weighted by Crippen LogP contribution is -2.17. The largest absolute Gasteiger partial charge is 0.573 e. The molecule has 1 amide bonds. The smallest absolute Gasteiger partial charge is 0.478 e. The number of alkyl halides is 3. The van der Waals surface area contributed by atoms with Crippen molar-refractivity contribution in [3.05, 3.63) is 75.8 Å². The van der Waals surface area contributed by atoms with Crippen molar-refractivity contribution in [1.82, 2.24) is 19.9 Å². The Kier molecular flexibility index (Phi) is 8.65. The summed E-state index contributed by atoms with van der Waals surface area (Å²) in [5.41, 5.74) is 2.40. The van der Waals surface area contributed by atoms with Gasteiger partial charge >= 0.3 is 12.3 Å². The van der Waals surface area contributed by atoms with Gasteiger partial charge < -0.3 is 30.4 Å². The maximum absolute atomic E-state index is 12.4. The number of carbonyl (C=O) groups excluding carboxylic acids is 1. The van der Waals surface area contributed by atoms with E-state index in [1.807, 2.05) is 0 Å². The number of nitro groups is 1. The molecule has 0 radical (unpaired) electrons. The van der Waals surface area contributed by atoms with E-state index in [1.165, 1.54) is 48.7 Å². The molecule has 2 aromatic heterocycles. The van der Waals surface area contributed by atoms with E-state index in [2.05, 4.69) is 30.7 Å². The first-order valence-corrected chi connectivity index (χ1v) is 12.9. The molecule has 3 aromatic carbocycles. The molecule has 13 nitrogen and oxygen atoms in total. The molecule has 5 aromatic rings. The number of aryl methyl sites for hydroxylation is 1. The lowest BCUT2D eigenvalue weighted by molar-refractivity contribution is -0.384. The molecule has 0 bridgehead atoms. The number of aromatic carboxylic acids is 1. The number of halogens is 3. The third kappa shape index (κ3) is 7.07. The molecule has 0 unspecified atom stereocenters. The molecule has 0 atom stereocenters. The summed E-state index contributed by atoms with van der Waals surface area (Å²) in [6.07, 6.45) is -4.75. The zero-order valence-electron chi connectivity index (χ0n) is 22.5. The first-order chi connectivity index (χ1) is 20.3. The van der Waals surface area contributed by atoms with Crippen LogP contribution in [-0.4, -0.2) is 56.9 Å². The van der Waals surface area contributed by atoms with Gasteiger partial charge in [0, 0.05) is 38.8 Å². The average molecular weight is 618 g/mol. The van der Waals surface area contributed by atoms with Crippen LogP contribution in [0.4, 0.5) is 35.6 Å². The molecule has 4 N–H and O–H groups in total. The second-order valence-electron chi connectivity index (χ2n) is 8.64. The van der Waals surface area contributed by atoms with Crippen LogP contribution in [0.15, 0.2) is 54.6 Å². The van der Waals surface area contributed by atoms with Gasteiger partial charge in [0.25, 0.3) is 11.6 Å². The predicted molar refractivity (Wildman–Crippen MR) is 153 cm³/mol. The predicted octanol–water partition coefficient (Wildman–Crippen LogP) is 5.52. The molecule has 0 aliphatic rings. The van der Waals surface area contributed by atoms with E-state index < -0.39 is 17.3 Å². The van der Waals surface area contributed by atoms with Gasteiger partial charge in [0.1, 0.15) is 11.4 Å². The number of aromatic nitrogens is 3. The molecule has 0 saturated carbocycles. The van der Waals surface area contributed by atoms with E-state index in [-0.39, 0.29) is 22.9 Å². The van der Waals surface area contributed by atoms with Crippen LogP contribution in [-0.2, 0) is 7.05 Å². The third-order valence-corrected chi connectivity index (χ3v) is 6.83. The van der Waals surface area contributed by atoms with Crippen LogP contribution in [0.25, 0.3) is 21.3 Å². The van der Waals surface area contributed by atoms with Crippen LogP contribution < -0.4 is 20.7 Å². The maximum atomic E-state index is 12.4. The van der Waals surface area contributed by atoms with E-state index in [0.29, 0.717) is 38.1 Å². The van der Waals surface area contributed by atoms with Crippen molar-refractivity contribution in [1.29, 1.82) is 0 Å². The van der Waals surface area contributed by atoms with E-state index in [1.54, 1.807) is 36.9 Å². The number of imidazole rings is 1. The van der Waals surface area contributed by atoms with Gasteiger partial charge in [-0.05, 0) is 42.5 Å². The monoisotopic (exact) mass is 617 g/mol. The number of carboxylic acid groups (broad SMARTS) is 1. The fourth-order valence-corrected chi connectivity index (χ4v) is 4.76. The third-order valence-electron chi connectivity index (χ3n) is 5.89. The van der Waals surface area contributed by atoms with Crippen molar-refractivity contribution in [2.75, 3.05) is 24.7 Å². The average Bonchev–Trinajstić information content (AvgIpc) is 3.50. The van der Waals surface area contributed by atoms with Gasteiger partial charge in [-0.1, -0.05) is 11.3 Å². The minimum atomic E-state index is -4.75. The molecule has 224 valence electrons. The number of hydrogen-bond acceptors (Lipinski definition) is 10. The van der Waals surface area contributed by atoms with Crippen LogP contribution >= 0.6 is 11.3 Å². The summed E-state index contributed by atoms with van der Waals surface area (Å²) in [6.45, 7) is 0. The molecule has 0 aliphatic carbocycles. The number of nitrogens with zero attached hydrogens (tertiary/aromatic N) is 4. The number of rotatable bonds is 7. The first-order valence-electron chi connectivity index (χ1n) is 12.1. The maximum Gasteiger partial charge on any atom is 0.573 e. The normalized spacial score (nSPS) is 11.0. The highest BCUT2D eigenvalue weighted by molar-refractivity contribution is 7.22. The molecular formula is C26H22F3N7O6S. The summed E-state index contributed by atoms with van der Waals surface area (Å²) in [6, 6.07) is 12.8. The Morgan fingerprint density at radius 1 is 1.02 bits per heavy atom. The summed E-state index contributed by atoms with van der Waals surface area (Å²) in [4.78, 5) is 41.1. The van der Waals surface area contributed by atoms with Crippen LogP contribution in [0.3, 0.4) is 0 Å². The van der Waals surface area contributed by atoms with Crippen LogP contribution in [0.5, 0.6) is 5.75 Å². The Bertz CT molecular complexity index is 1850. The van der Waals surface area contributed by atoms with Gasteiger partial charge in [0.15, 0.2) is 5.13 Å². The van der Waals surface area contributed by atoms with E-state index in [9.17, 15) is 32.9 Å². The number of ether oxygens (including phenoxy) is 1. The van der Waals surface area contributed by atoms with Gasteiger partial charge in [-0.3, -0.25) is 14.9 Å². The molecule has 17 heteroatoms. The second kappa shape index (κ2) is 12.2. The minimum Gasteiger partial charge on any atom is -0.478 e. The number of carboxylic acids is 1. The van der Waals surface area contributed by atoms with Crippen molar-refractivity contribution >= 4 is 66.9 Å². The van der Waals surface area contributed by atoms with Gasteiger partial charge in [0.05, 0.1) is 31.7 Å². The highest BCUT2D eigenvalue weighted by Gasteiger charge is 2.31. The topological polar surface area (TPSA) is 174 Å². The number of hydrogen-bond donors (Lipinski definition) is 4. The molecule has 0 saturated heterocycles. The molecule has 0 fully saturated rings. The Morgan fingerprint density at radius 3 is 2.37 bits per heavy atom. The van der Waals surface area contributed by atoms with Gasteiger partial charge in [0.2, 0.25) is 5.95 Å². The zero-order valence-corrected chi connectivity index (χ0v) is 23.3. The summed E-state index contributed by atoms with van der Waals surface area (Å²) in [5.74, 6) is -1.21. The fourth-order valence-electron chi connectivity index (χ4n) is 3.88. The number of nitro benzene ring substituents is 1. The van der Waals surface area contributed by atoms with Crippen LogP contribution in [0, 0.1) is 10.1 Å². The highest BCUT2D eigenvalue weighted by Crippen LogP contribution is 2.33. The summed E-state index contributed by atoms with van der Waals surface area (Å²) < 4.78 is 43.5. The number of carbonyl (C=O) groups is 2. The molecule has 0 spiro atoms. The lowest BCUT2D eigenvalue weighted by atomic mass is 10.2. The quantitative estimate of drug-likeness (QED) is 0.135. The number of anilines is 3. The molecular weight excluding hydrogens is 595 g/mol. The Balaban J connectivity index is 0.000000255. The number of nitrogens with one attached hydrogen (secondary N) is 3. The summed E-state index contributed by atoms with van der Waals surface area (Å²) in [5, 5.41) is 27.9. The molecule has 5 rings (SSSR count). The molecule has 2 heterocycles. The lowest BCUT2D eigenvalue weighted by Gasteiger charge is -2.07. The highest BCUT2D eigenvalue weighted by atomic mass is 32.1. The summed E-state index contributed by atoms with van der Waals surface area (Å²) >= 11 is 1.18. The fraction of sp³-hybridized carbons (Fsp3) is 0.154. The number of fused-ring (bicyclic) bond motifs is 2. The van der Waals surface area contributed by atoms with Crippen LogP contribution in [0.1, 0.15) is 20.7 Å². The molecule has 0 aliphatic heterocycles. The van der Waals surface area contributed by atoms with Crippen molar-refractivity contribution in [3.8, 4) is 5.75 Å². The number of benzene rings is 3. The number of thiazole rings is 1. The van der Waals surface area contributed by atoms with Crippen molar-refractivity contribution in [2.45, 2.75) is 6.36 Å². The number of amides is 1. The van der Waals surface area contributed by atoms with E-state index in [4.69, 9.17) is 5.11 Å². The Morgan fingerprint density at radius 2 is 1.74 bits per heavy atom.